The van der Waals surface area contributed by atoms with Gasteiger partial charge >= 0.3 is 5.97 Å². The van der Waals surface area contributed by atoms with Gasteiger partial charge in [-0.15, -0.1) is 0 Å². The van der Waals surface area contributed by atoms with Gasteiger partial charge in [0.15, 0.2) is 5.82 Å². The van der Waals surface area contributed by atoms with Crippen molar-refractivity contribution in [1.82, 2.24) is 10.1 Å². The van der Waals surface area contributed by atoms with Gasteiger partial charge in [-0.05, 0) is 18.8 Å². The summed E-state index contributed by atoms with van der Waals surface area (Å²) in [6, 6.07) is 0. The molecule has 0 amide bonds. The van der Waals surface area contributed by atoms with Gasteiger partial charge in [-0.2, -0.15) is 4.98 Å². The lowest BCUT2D eigenvalue weighted by Crippen LogP contribution is -2.08. The lowest BCUT2D eigenvalue weighted by Gasteiger charge is -2.17. The van der Waals surface area contributed by atoms with Gasteiger partial charge in [0.1, 0.15) is 0 Å². The summed E-state index contributed by atoms with van der Waals surface area (Å²) in [5, 5.41) is 12.7. The van der Waals surface area contributed by atoms with Gasteiger partial charge in [0, 0.05) is 18.8 Å². The summed E-state index contributed by atoms with van der Waals surface area (Å²) >= 11 is 0. The van der Waals surface area contributed by atoms with E-state index in [1.165, 1.54) is 19.3 Å². The Kier molecular flexibility index (Phi) is 4.33. The minimum absolute atomic E-state index is 0.0298. The van der Waals surface area contributed by atoms with E-state index in [4.69, 9.17) is 9.63 Å². The van der Waals surface area contributed by atoms with E-state index in [1.54, 1.807) is 0 Å². The van der Waals surface area contributed by atoms with Gasteiger partial charge in [-0.1, -0.05) is 31.3 Å². The quantitative estimate of drug-likeness (QED) is 0.872. The van der Waals surface area contributed by atoms with Crippen molar-refractivity contribution in [2.24, 2.45) is 5.92 Å². The Balaban J connectivity index is 1.91. The van der Waals surface area contributed by atoms with E-state index in [0.29, 0.717) is 18.2 Å². The van der Waals surface area contributed by atoms with Crippen LogP contribution in [0.15, 0.2) is 4.52 Å². The zero-order chi connectivity index (χ0) is 13.0. The summed E-state index contributed by atoms with van der Waals surface area (Å²) in [6.07, 6.45) is 6.76. The second-order valence-corrected chi connectivity index (χ2v) is 5.29. The fraction of sp³-hybridized carbons (Fsp3) is 0.769. The summed E-state index contributed by atoms with van der Waals surface area (Å²) in [5.41, 5.74) is 0. The minimum atomic E-state index is -0.783. The van der Waals surface area contributed by atoms with Gasteiger partial charge in [-0.25, -0.2) is 0 Å². The van der Waals surface area contributed by atoms with E-state index in [2.05, 4.69) is 10.1 Å². The van der Waals surface area contributed by atoms with Crippen LogP contribution in [0.3, 0.4) is 0 Å². The van der Waals surface area contributed by atoms with E-state index in [9.17, 15) is 4.79 Å². The predicted octanol–water partition coefficient (Wildman–Crippen LogP) is 2.77. The third-order valence-corrected chi connectivity index (χ3v) is 3.50. The summed E-state index contributed by atoms with van der Waals surface area (Å²) in [5.74, 6) is 1.07. The SMILES string of the molecule is CC(CC(=O)O)Cc1nc(C2CCCCC2)no1. The molecule has 0 aliphatic heterocycles. The van der Waals surface area contributed by atoms with Crippen molar-refractivity contribution in [3.05, 3.63) is 11.7 Å². The second-order valence-electron chi connectivity index (χ2n) is 5.29. The molecule has 1 heterocycles. The van der Waals surface area contributed by atoms with Crippen LogP contribution in [0.4, 0.5) is 0 Å². The highest BCUT2D eigenvalue weighted by Crippen LogP contribution is 2.30. The Morgan fingerprint density at radius 3 is 2.83 bits per heavy atom. The third kappa shape index (κ3) is 3.55. The van der Waals surface area contributed by atoms with Crippen LogP contribution < -0.4 is 0 Å². The first-order valence-electron chi connectivity index (χ1n) is 6.69. The van der Waals surface area contributed by atoms with E-state index >= 15 is 0 Å². The molecule has 1 N–H and O–H groups in total. The van der Waals surface area contributed by atoms with E-state index in [1.807, 2.05) is 6.92 Å². The number of hydrogen-bond donors (Lipinski definition) is 1. The van der Waals surface area contributed by atoms with Crippen LogP contribution in [0.25, 0.3) is 0 Å². The number of rotatable bonds is 5. The maximum Gasteiger partial charge on any atom is 0.303 e. The average Bonchev–Trinajstić information content (AvgIpc) is 2.77. The van der Waals surface area contributed by atoms with Gasteiger partial charge in [0.25, 0.3) is 0 Å². The molecule has 1 aromatic rings. The zero-order valence-corrected chi connectivity index (χ0v) is 10.8. The summed E-state index contributed by atoms with van der Waals surface area (Å²) < 4.78 is 5.22. The molecule has 18 heavy (non-hydrogen) atoms. The van der Waals surface area contributed by atoms with Crippen LogP contribution in [0.1, 0.15) is 63.1 Å². The maximum absolute atomic E-state index is 10.6. The number of hydrogen-bond acceptors (Lipinski definition) is 4. The molecule has 1 aliphatic rings. The van der Waals surface area contributed by atoms with Crippen LogP contribution in [0.5, 0.6) is 0 Å². The second kappa shape index (κ2) is 5.98. The third-order valence-electron chi connectivity index (χ3n) is 3.50. The first-order chi connectivity index (χ1) is 8.65. The lowest BCUT2D eigenvalue weighted by molar-refractivity contribution is -0.137. The van der Waals surface area contributed by atoms with Gasteiger partial charge < -0.3 is 9.63 Å². The average molecular weight is 252 g/mol. The predicted molar refractivity (Wildman–Crippen MR) is 65.2 cm³/mol. The zero-order valence-electron chi connectivity index (χ0n) is 10.8. The smallest absolute Gasteiger partial charge is 0.303 e. The molecule has 0 radical (unpaired) electrons. The number of carbonyl (C=O) groups is 1. The van der Waals surface area contributed by atoms with Crippen molar-refractivity contribution < 1.29 is 14.4 Å². The molecule has 5 heteroatoms. The van der Waals surface area contributed by atoms with Crippen molar-refractivity contribution >= 4 is 5.97 Å². The van der Waals surface area contributed by atoms with Crippen molar-refractivity contribution in [3.63, 3.8) is 0 Å². The molecule has 1 unspecified atom stereocenters. The first-order valence-corrected chi connectivity index (χ1v) is 6.69. The molecular formula is C13H20N2O3. The number of aliphatic carboxylic acids is 1. The topological polar surface area (TPSA) is 76.2 Å². The highest BCUT2D eigenvalue weighted by atomic mass is 16.5. The molecule has 100 valence electrons. The number of aromatic nitrogens is 2. The standard InChI is InChI=1S/C13H20N2O3/c1-9(8-12(16)17)7-11-14-13(15-18-11)10-5-3-2-4-6-10/h9-10H,2-8H2,1H3,(H,16,17). The molecule has 0 saturated heterocycles. The molecule has 1 aromatic heterocycles. The Morgan fingerprint density at radius 1 is 1.44 bits per heavy atom. The highest BCUT2D eigenvalue weighted by molar-refractivity contribution is 5.66. The Labute approximate surface area is 107 Å². The monoisotopic (exact) mass is 252 g/mol. The van der Waals surface area contributed by atoms with Gasteiger partial charge in [-0.3, -0.25) is 4.79 Å². The lowest BCUT2D eigenvalue weighted by atomic mass is 9.89. The van der Waals surface area contributed by atoms with Crippen LogP contribution in [0, 0.1) is 5.92 Å². The van der Waals surface area contributed by atoms with Crippen LogP contribution >= 0.6 is 0 Å². The van der Waals surface area contributed by atoms with E-state index < -0.39 is 5.97 Å². The molecule has 5 nitrogen and oxygen atoms in total. The van der Waals surface area contributed by atoms with Crippen molar-refractivity contribution in [2.45, 2.75) is 57.8 Å². The molecule has 1 fully saturated rings. The molecule has 2 rings (SSSR count). The molecule has 0 spiro atoms. The van der Waals surface area contributed by atoms with Crippen LogP contribution in [-0.4, -0.2) is 21.2 Å². The fourth-order valence-corrected chi connectivity index (χ4v) is 2.55. The number of carboxylic acids is 1. The fourth-order valence-electron chi connectivity index (χ4n) is 2.55. The van der Waals surface area contributed by atoms with Crippen molar-refractivity contribution in [3.8, 4) is 0 Å². The van der Waals surface area contributed by atoms with Gasteiger partial charge in [0.2, 0.25) is 5.89 Å². The number of carboxylic acid groups (broad SMARTS) is 1. The van der Waals surface area contributed by atoms with Crippen molar-refractivity contribution in [1.29, 1.82) is 0 Å². The van der Waals surface area contributed by atoms with E-state index in [0.717, 1.165) is 18.7 Å². The molecule has 0 aromatic carbocycles. The normalized spacial score (nSPS) is 18.7. The summed E-state index contributed by atoms with van der Waals surface area (Å²) in [4.78, 5) is 15.0. The molecule has 0 bridgehead atoms. The first kappa shape index (κ1) is 13.1. The summed E-state index contributed by atoms with van der Waals surface area (Å²) in [7, 11) is 0. The Hall–Kier alpha value is -1.39. The largest absolute Gasteiger partial charge is 0.481 e. The maximum atomic E-state index is 10.6. The Morgan fingerprint density at radius 2 is 2.17 bits per heavy atom. The van der Waals surface area contributed by atoms with Gasteiger partial charge in [0.05, 0.1) is 0 Å². The molecule has 1 saturated carbocycles. The summed E-state index contributed by atoms with van der Waals surface area (Å²) in [6.45, 7) is 1.89. The van der Waals surface area contributed by atoms with Crippen molar-refractivity contribution in [2.75, 3.05) is 0 Å². The molecular weight excluding hydrogens is 232 g/mol. The molecule has 1 aliphatic carbocycles. The Bertz CT molecular complexity index is 397. The van der Waals surface area contributed by atoms with Crippen LogP contribution in [-0.2, 0) is 11.2 Å². The van der Waals surface area contributed by atoms with E-state index in [-0.39, 0.29) is 12.3 Å². The minimum Gasteiger partial charge on any atom is -0.481 e. The van der Waals surface area contributed by atoms with Crippen LogP contribution in [0.2, 0.25) is 0 Å². The molecule has 1 atom stereocenters. The highest BCUT2D eigenvalue weighted by Gasteiger charge is 2.21. The number of nitrogens with zero attached hydrogens (tertiary/aromatic N) is 2.